The van der Waals surface area contributed by atoms with Crippen molar-refractivity contribution in [2.75, 3.05) is 12.8 Å². The van der Waals surface area contributed by atoms with Gasteiger partial charge in [0.05, 0.1) is 0 Å². The fourth-order valence-corrected chi connectivity index (χ4v) is 2.37. The maximum atomic E-state index is 11.9. The first-order chi connectivity index (χ1) is 7.75. The van der Waals surface area contributed by atoms with Gasteiger partial charge in [-0.15, -0.1) is 0 Å². The number of rotatable bonds is 3. The molecule has 0 unspecified atom stereocenters. The molecule has 0 spiro atoms. The molecule has 0 aromatic rings. The molecule has 0 aliphatic carbocycles. The molecule has 1 aliphatic rings. The number of carboxylic acid groups (broad SMARTS) is 1. The fourth-order valence-electron chi connectivity index (χ4n) is 1.87. The van der Waals surface area contributed by atoms with Gasteiger partial charge in [0.15, 0.2) is 9.84 Å². The Balaban J connectivity index is 2.89. The highest BCUT2D eigenvalue weighted by molar-refractivity contribution is 7.92. The Labute approximate surface area is 101 Å². The van der Waals surface area contributed by atoms with Crippen LogP contribution in [-0.2, 0) is 19.4 Å². The zero-order chi connectivity index (χ0) is 13.2. The topological polar surface area (TPSA) is 91.8 Å². The number of nitrogens with zero attached hydrogens (tertiary/aromatic N) is 1. The Kier molecular flexibility index (Phi) is 4.13. The highest BCUT2D eigenvalue weighted by Gasteiger charge is 2.36. The lowest BCUT2D eigenvalue weighted by Crippen LogP contribution is -2.52. The van der Waals surface area contributed by atoms with Crippen LogP contribution in [0.25, 0.3) is 0 Å². The van der Waals surface area contributed by atoms with Gasteiger partial charge in [0.2, 0.25) is 5.91 Å². The van der Waals surface area contributed by atoms with Gasteiger partial charge in [-0.2, -0.15) is 0 Å². The number of hydrogen-bond acceptors (Lipinski definition) is 4. The summed E-state index contributed by atoms with van der Waals surface area (Å²) in [4.78, 5) is 24.1. The Morgan fingerprint density at radius 2 is 1.94 bits per heavy atom. The monoisotopic (exact) mass is 263 g/mol. The number of amides is 1. The van der Waals surface area contributed by atoms with E-state index in [1.807, 2.05) is 0 Å². The molecular formula is C10H17NO5S. The molecule has 1 amide bonds. The number of sulfone groups is 1. The van der Waals surface area contributed by atoms with Crippen molar-refractivity contribution in [3.8, 4) is 0 Å². The van der Waals surface area contributed by atoms with Crippen LogP contribution < -0.4 is 0 Å². The third-order valence-corrected chi connectivity index (χ3v) is 4.55. The smallest absolute Gasteiger partial charge is 0.326 e. The van der Waals surface area contributed by atoms with Crippen LogP contribution in [0.5, 0.6) is 0 Å². The lowest BCUT2D eigenvalue weighted by molar-refractivity contribution is -0.151. The molecule has 0 radical (unpaired) electrons. The molecule has 0 aromatic heterocycles. The van der Waals surface area contributed by atoms with Gasteiger partial charge in [-0.1, -0.05) is 0 Å². The Hall–Kier alpha value is -1.11. The van der Waals surface area contributed by atoms with Crippen molar-refractivity contribution in [3.63, 3.8) is 0 Å². The molecule has 0 aromatic carbocycles. The molecule has 98 valence electrons. The van der Waals surface area contributed by atoms with E-state index in [2.05, 4.69) is 0 Å². The van der Waals surface area contributed by atoms with Gasteiger partial charge in [-0.05, 0) is 26.2 Å². The number of carbonyl (C=O) groups excluding carboxylic acids is 1. The van der Waals surface area contributed by atoms with E-state index in [1.165, 1.54) is 11.8 Å². The van der Waals surface area contributed by atoms with Crippen molar-refractivity contribution in [2.24, 2.45) is 0 Å². The first-order valence-electron chi connectivity index (χ1n) is 5.47. The zero-order valence-corrected chi connectivity index (χ0v) is 10.7. The first kappa shape index (κ1) is 14.0. The first-order valence-corrected chi connectivity index (χ1v) is 7.42. The van der Waals surface area contributed by atoms with Gasteiger partial charge < -0.3 is 10.0 Å². The van der Waals surface area contributed by atoms with Crippen LogP contribution in [0.4, 0.5) is 0 Å². The maximum absolute atomic E-state index is 11.9. The quantitative estimate of drug-likeness (QED) is 0.766. The molecule has 6 nitrogen and oxygen atoms in total. The summed E-state index contributed by atoms with van der Waals surface area (Å²) in [6, 6.07) is -0.888. The molecule has 1 aliphatic heterocycles. The molecule has 1 N–H and O–H groups in total. The van der Waals surface area contributed by atoms with Crippen LogP contribution in [0.3, 0.4) is 0 Å². The minimum Gasteiger partial charge on any atom is -0.480 e. The van der Waals surface area contributed by atoms with Crippen LogP contribution in [0.2, 0.25) is 0 Å². The number of piperidine rings is 1. The van der Waals surface area contributed by atoms with Gasteiger partial charge >= 0.3 is 5.97 Å². The largest absolute Gasteiger partial charge is 0.480 e. The van der Waals surface area contributed by atoms with Crippen LogP contribution in [0.1, 0.15) is 26.2 Å². The van der Waals surface area contributed by atoms with Crippen LogP contribution in [0.15, 0.2) is 0 Å². The molecule has 7 heteroatoms. The maximum Gasteiger partial charge on any atom is 0.326 e. The second kappa shape index (κ2) is 5.03. The average Bonchev–Trinajstić information content (AvgIpc) is 2.25. The summed E-state index contributed by atoms with van der Waals surface area (Å²) in [5, 5.41) is 7.82. The van der Waals surface area contributed by atoms with Crippen LogP contribution in [0, 0.1) is 0 Å². The zero-order valence-electron chi connectivity index (χ0n) is 9.92. The average molecular weight is 263 g/mol. The molecule has 1 rings (SSSR count). The Morgan fingerprint density at radius 1 is 1.35 bits per heavy atom. The number of carboxylic acids is 1. The van der Waals surface area contributed by atoms with E-state index in [9.17, 15) is 18.0 Å². The third-order valence-electron chi connectivity index (χ3n) is 3.06. The molecule has 0 saturated carbocycles. The van der Waals surface area contributed by atoms with Crippen molar-refractivity contribution in [1.29, 1.82) is 0 Å². The Morgan fingerprint density at radius 3 is 2.41 bits per heavy atom. The lowest BCUT2D eigenvalue weighted by atomic mass is 10.0. The lowest BCUT2D eigenvalue weighted by Gasteiger charge is -2.34. The van der Waals surface area contributed by atoms with E-state index < -0.39 is 33.0 Å². The number of likely N-dealkylation sites (tertiary alicyclic amines) is 1. The van der Waals surface area contributed by atoms with E-state index in [4.69, 9.17) is 5.11 Å². The summed E-state index contributed by atoms with van der Waals surface area (Å²) in [6.07, 6.45) is 2.83. The molecule has 1 saturated heterocycles. The standard InChI is InChI=1S/C10H17NO5S/c1-7(17(2,15)16)9(12)11-6-4-3-5-8(11)10(13)14/h7-8H,3-6H2,1-2H3,(H,13,14)/t7-,8-/m0/s1. The summed E-state index contributed by atoms with van der Waals surface area (Å²) in [5.41, 5.74) is 0. The second-order valence-electron chi connectivity index (χ2n) is 4.35. The summed E-state index contributed by atoms with van der Waals surface area (Å²) in [5.74, 6) is -1.68. The molecule has 0 bridgehead atoms. The molecule has 2 atom stereocenters. The fraction of sp³-hybridized carbons (Fsp3) is 0.800. The normalized spacial score (nSPS) is 23.2. The number of hydrogen-bond donors (Lipinski definition) is 1. The predicted molar refractivity (Wildman–Crippen MR) is 61.3 cm³/mol. The van der Waals surface area contributed by atoms with Gasteiger partial charge in [0.1, 0.15) is 11.3 Å². The second-order valence-corrected chi connectivity index (χ2v) is 6.72. The molecular weight excluding hydrogens is 246 g/mol. The summed E-state index contributed by atoms with van der Waals surface area (Å²) in [7, 11) is -3.48. The van der Waals surface area contributed by atoms with E-state index in [1.54, 1.807) is 0 Å². The van der Waals surface area contributed by atoms with Crippen molar-refractivity contribution >= 4 is 21.7 Å². The number of aliphatic carboxylic acids is 1. The molecule has 1 heterocycles. The van der Waals surface area contributed by atoms with Crippen molar-refractivity contribution < 1.29 is 23.1 Å². The third kappa shape index (κ3) is 3.18. The summed E-state index contributed by atoms with van der Waals surface area (Å²) >= 11 is 0. The molecule has 17 heavy (non-hydrogen) atoms. The van der Waals surface area contributed by atoms with E-state index >= 15 is 0 Å². The predicted octanol–water partition coefficient (Wildman–Crippen LogP) is -0.115. The minimum atomic E-state index is -3.48. The van der Waals surface area contributed by atoms with E-state index in [0.717, 1.165) is 12.7 Å². The van der Waals surface area contributed by atoms with Crippen molar-refractivity contribution in [3.05, 3.63) is 0 Å². The van der Waals surface area contributed by atoms with Crippen molar-refractivity contribution in [2.45, 2.75) is 37.5 Å². The summed E-state index contributed by atoms with van der Waals surface area (Å²) in [6.45, 7) is 1.61. The van der Waals surface area contributed by atoms with Crippen LogP contribution in [-0.4, -0.2) is 54.4 Å². The van der Waals surface area contributed by atoms with E-state index in [-0.39, 0.29) is 0 Å². The Bertz CT molecular complexity index is 416. The van der Waals surface area contributed by atoms with E-state index in [0.29, 0.717) is 19.4 Å². The number of carbonyl (C=O) groups is 2. The highest BCUT2D eigenvalue weighted by atomic mass is 32.2. The van der Waals surface area contributed by atoms with Crippen molar-refractivity contribution in [1.82, 2.24) is 4.90 Å². The van der Waals surface area contributed by atoms with Gasteiger partial charge in [0.25, 0.3) is 0 Å². The minimum absolute atomic E-state index is 0.315. The van der Waals surface area contributed by atoms with Gasteiger partial charge in [-0.25, -0.2) is 13.2 Å². The van der Waals surface area contributed by atoms with Gasteiger partial charge in [-0.3, -0.25) is 4.79 Å². The van der Waals surface area contributed by atoms with Gasteiger partial charge in [0, 0.05) is 12.8 Å². The summed E-state index contributed by atoms with van der Waals surface area (Å²) < 4.78 is 22.6. The highest BCUT2D eigenvalue weighted by Crippen LogP contribution is 2.19. The SMILES string of the molecule is C[C@@H](C(=O)N1CCCC[C@H]1C(=O)O)S(C)(=O)=O. The van der Waals surface area contributed by atoms with Crippen LogP contribution >= 0.6 is 0 Å². The molecule has 1 fully saturated rings.